The first-order valence-corrected chi connectivity index (χ1v) is 5.09. The van der Waals surface area contributed by atoms with Crippen molar-refractivity contribution in [2.24, 2.45) is 0 Å². The van der Waals surface area contributed by atoms with Gasteiger partial charge in [-0.15, -0.1) is 0 Å². The van der Waals surface area contributed by atoms with Gasteiger partial charge >= 0.3 is 6.18 Å². The van der Waals surface area contributed by atoms with E-state index in [0.29, 0.717) is 6.61 Å². The van der Waals surface area contributed by atoms with Crippen LogP contribution in [0.1, 0.15) is 23.8 Å². The summed E-state index contributed by atoms with van der Waals surface area (Å²) in [5.41, 5.74) is 0.0970. The van der Waals surface area contributed by atoms with E-state index < -0.39 is 11.7 Å². The van der Waals surface area contributed by atoms with Crippen molar-refractivity contribution in [2.45, 2.75) is 18.8 Å². The lowest BCUT2D eigenvalue weighted by Gasteiger charge is -2.24. The molecule has 2 rings (SSSR count). The van der Waals surface area contributed by atoms with Gasteiger partial charge in [0.1, 0.15) is 6.23 Å². The zero-order valence-corrected chi connectivity index (χ0v) is 8.55. The van der Waals surface area contributed by atoms with Crippen LogP contribution in [0.4, 0.5) is 13.2 Å². The molecule has 1 fully saturated rings. The molecule has 1 saturated heterocycles. The van der Waals surface area contributed by atoms with Crippen molar-refractivity contribution in [3.05, 3.63) is 35.4 Å². The standard InChI is InChI=1S/C11H12F3NO/c12-11(13,14)9-4-2-8(3-5-9)10-15-6-1-7-16-10/h2-5,10,15H,1,6-7H2. The second kappa shape index (κ2) is 4.43. The maximum absolute atomic E-state index is 12.3. The van der Waals surface area contributed by atoms with Crippen LogP contribution in [0.5, 0.6) is 0 Å². The Bertz CT molecular complexity index is 341. The minimum Gasteiger partial charge on any atom is -0.359 e. The van der Waals surface area contributed by atoms with Crippen LogP contribution >= 0.6 is 0 Å². The number of hydrogen-bond acceptors (Lipinski definition) is 2. The molecule has 1 unspecified atom stereocenters. The van der Waals surface area contributed by atoms with E-state index in [2.05, 4.69) is 5.32 Å². The minimum atomic E-state index is -4.28. The molecule has 1 aliphatic rings. The van der Waals surface area contributed by atoms with Crippen LogP contribution in [-0.2, 0) is 10.9 Å². The molecule has 0 radical (unpaired) electrons. The van der Waals surface area contributed by atoms with Gasteiger partial charge in [0.2, 0.25) is 0 Å². The smallest absolute Gasteiger partial charge is 0.359 e. The van der Waals surface area contributed by atoms with Crippen molar-refractivity contribution < 1.29 is 17.9 Å². The Labute approximate surface area is 91.4 Å². The number of benzene rings is 1. The third-order valence-electron chi connectivity index (χ3n) is 2.48. The van der Waals surface area contributed by atoms with E-state index in [1.165, 1.54) is 12.1 Å². The number of ether oxygens (including phenoxy) is 1. The molecule has 0 aromatic heterocycles. The Morgan fingerprint density at radius 3 is 2.38 bits per heavy atom. The summed E-state index contributed by atoms with van der Waals surface area (Å²) in [6.07, 6.45) is -3.63. The molecule has 5 heteroatoms. The number of alkyl halides is 3. The summed E-state index contributed by atoms with van der Waals surface area (Å²) in [5, 5.41) is 3.09. The van der Waals surface area contributed by atoms with Crippen molar-refractivity contribution in [1.82, 2.24) is 5.32 Å². The van der Waals surface area contributed by atoms with Gasteiger partial charge in [-0.3, -0.25) is 5.32 Å². The lowest BCUT2D eigenvalue weighted by molar-refractivity contribution is -0.137. The van der Waals surface area contributed by atoms with E-state index >= 15 is 0 Å². The van der Waals surface area contributed by atoms with Crippen molar-refractivity contribution in [1.29, 1.82) is 0 Å². The van der Waals surface area contributed by atoms with Crippen LogP contribution in [-0.4, -0.2) is 13.2 Å². The van der Waals surface area contributed by atoms with Gasteiger partial charge in [0.25, 0.3) is 0 Å². The normalized spacial score (nSPS) is 22.1. The highest BCUT2D eigenvalue weighted by molar-refractivity contribution is 5.26. The Morgan fingerprint density at radius 1 is 1.19 bits per heavy atom. The van der Waals surface area contributed by atoms with Crippen molar-refractivity contribution in [3.63, 3.8) is 0 Å². The molecular weight excluding hydrogens is 219 g/mol. The van der Waals surface area contributed by atoms with E-state index in [-0.39, 0.29) is 6.23 Å². The fourth-order valence-electron chi connectivity index (χ4n) is 1.63. The van der Waals surface area contributed by atoms with Gasteiger partial charge in [0.15, 0.2) is 0 Å². The quantitative estimate of drug-likeness (QED) is 0.802. The molecule has 0 aliphatic carbocycles. The molecule has 0 saturated carbocycles. The summed E-state index contributed by atoms with van der Waals surface area (Å²) < 4.78 is 42.3. The lowest BCUT2D eigenvalue weighted by atomic mass is 10.1. The van der Waals surface area contributed by atoms with Gasteiger partial charge in [-0.25, -0.2) is 0 Å². The van der Waals surface area contributed by atoms with E-state index in [0.717, 1.165) is 30.7 Å². The topological polar surface area (TPSA) is 21.3 Å². The summed E-state index contributed by atoms with van der Waals surface area (Å²) >= 11 is 0. The van der Waals surface area contributed by atoms with E-state index in [1.54, 1.807) is 0 Å². The Kier molecular flexibility index (Phi) is 3.16. The number of rotatable bonds is 1. The molecule has 1 aromatic rings. The van der Waals surface area contributed by atoms with Crippen LogP contribution in [0.3, 0.4) is 0 Å². The highest BCUT2D eigenvalue weighted by Crippen LogP contribution is 2.30. The predicted molar refractivity (Wildman–Crippen MR) is 52.8 cm³/mol. The molecule has 0 spiro atoms. The summed E-state index contributed by atoms with van der Waals surface area (Å²) in [6, 6.07) is 5.06. The van der Waals surface area contributed by atoms with Gasteiger partial charge in [-0.2, -0.15) is 13.2 Å². The molecule has 1 heterocycles. The first kappa shape index (κ1) is 11.4. The zero-order valence-electron chi connectivity index (χ0n) is 8.55. The highest BCUT2D eigenvalue weighted by Gasteiger charge is 2.30. The second-order valence-corrected chi connectivity index (χ2v) is 3.68. The fourth-order valence-corrected chi connectivity index (χ4v) is 1.63. The Balaban J connectivity index is 2.12. The maximum atomic E-state index is 12.3. The summed E-state index contributed by atoms with van der Waals surface area (Å²) in [4.78, 5) is 0. The molecule has 1 aromatic carbocycles. The summed E-state index contributed by atoms with van der Waals surface area (Å²) in [5.74, 6) is 0. The predicted octanol–water partition coefficient (Wildman–Crippen LogP) is 2.71. The zero-order chi connectivity index (χ0) is 11.6. The molecule has 88 valence electrons. The fraction of sp³-hybridized carbons (Fsp3) is 0.455. The van der Waals surface area contributed by atoms with E-state index in [1.807, 2.05) is 0 Å². The Hall–Kier alpha value is -1.07. The van der Waals surface area contributed by atoms with Crippen LogP contribution in [0.25, 0.3) is 0 Å². The number of hydrogen-bond donors (Lipinski definition) is 1. The maximum Gasteiger partial charge on any atom is 0.416 e. The third kappa shape index (κ3) is 2.54. The van der Waals surface area contributed by atoms with Crippen LogP contribution in [0, 0.1) is 0 Å². The van der Waals surface area contributed by atoms with Crippen molar-refractivity contribution >= 4 is 0 Å². The van der Waals surface area contributed by atoms with Gasteiger partial charge in [-0.05, 0) is 24.1 Å². The second-order valence-electron chi connectivity index (χ2n) is 3.68. The van der Waals surface area contributed by atoms with E-state index in [9.17, 15) is 13.2 Å². The van der Waals surface area contributed by atoms with Crippen LogP contribution < -0.4 is 5.32 Å². The molecule has 1 N–H and O–H groups in total. The molecular formula is C11H12F3NO. The van der Waals surface area contributed by atoms with E-state index in [4.69, 9.17) is 4.74 Å². The molecule has 1 atom stereocenters. The highest BCUT2D eigenvalue weighted by atomic mass is 19.4. The van der Waals surface area contributed by atoms with Gasteiger partial charge in [-0.1, -0.05) is 12.1 Å². The van der Waals surface area contributed by atoms with Gasteiger partial charge in [0, 0.05) is 6.54 Å². The van der Waals surface area contributed by atoms with Crippen molar-refractivity contribution in [2.75, 3.05) is 13.2 Å². The van der Waals surface area contributed by atoms with Crippen molar-refractivity contribution in [3.8, 4) is 0 Å². The van der Waals surface area contributed by atoms with Crippen LogP contribution in [0.2, 0.25) is 0 Å². The summed E-state index contributed by atoms with van der Waals surface area (Å²) in [7, 11) is 0. The first-order chi connectivity index (χ1) is 7.57. The minimum absolute atomic E-state index is 0.281. The molecule has 1 aliphatic heterocycles. The largest absolute Gasteiger partial charge is 0.416 e. The number of halogens is 3. The third-order valence-corrected chi connectivity index (χ3v) is 2.48. The SMILES string of the molecule is FC(F)(F)c1ccc(C2NCCCO2)cc1. The van der Waals surface area contributed by atoms with Crippen LogP contribution in [0.15, 0.2) is 24.3 Å². The Morgan fingerprint density at radius 2 is 1.88 bits per heavy atom. The molecule has 2 nitrogen and oxygen atoms in total. The van der Waals surface area contributed by atoms with Gasteiger partial charge < -0.3 is 4.74 Å². The monoisotopic (exact) mass is 231 g/mol. The first-order valence-electron chi connectivity index (χ1n) is 5.09. The lowest BCUT2D eigenvalue weighted by Crippen LogP contribution is -2.31. The molecule has 0 bridgehead atoms. The molecule has 16 heavy (non-hydrogen) atoms. The molecule has 0 amide bonds. The average Bonchev–Trinajstić information content (AvgIpc) is 2.29. The number of nitrogens with one attached hydrogen (secondary N) is 1. The van der Waals surface area contributed by atoms with Gasteiger partial charge in [0.05, 0.1) is 12.2 Å². The summed E-state index contributed by atoms with van der Waals surface area (Å²) in [6.45, 7) is 1.46. The average molecular weight is 231 g/mol.